The Kier molecular flexibility index (Phi) is 5.89. The van der Waals surface area contributed by atoms with Crippen LogP contribution in [0.4, 0.5) is 14.9 Å². The first-order chi connectivity index (χ1) is 16.6. The van der Waals surface area contributed by atoms with Crippen molar-refractivity contribution in [1.29, 1.82) is 0 Å². The Hall–Kier alpha value is -3.92. The Morgan fingerprint density at radius 3 is 2.94 bits per heavy atom. The number of amides is 1. The van der Waals surface area contributed by atoms with E-state index in [0.717, 1.165) is 29.1 Å². The van der Waals surface area contributed by atoms with Crippen LogP contribution in [0.1, 0.15) is 18.4 Å². The van der Waals surface area contributed by atoms with Gasteiger partial charge in [0.2, 0.25) is 0 Å². The van der Waals surface area contributed by atoms with Crippen LogP contribution in [0.15, 0.2) is 42.5 Å². The second-order valence-corrected chi connectivity index (χ2v) is 7.82. The van der Waals surface area contributed by atoms with Crippen LogP contribution in [0.3, 0.4) is 0 Å². The van der Waals surface area contributed by atoms with Crippen molar-refractivity contribution < 1.29 is 23.4 Å². The number of nitrogens with zero attached hydrogens (tertiary/aromatic N) is 4. The third kappa shape index (κ3) is 4.19. The summed E-state index contributed by atoms with van der Waals surface area (Å²) in [5.74, 6) is 0.898. The molecule has 0 saturated heterocycles. The van der Waals surface area contributed by atoms with Crippen LogP contribution < -0.4 is 10.1 Å². The third-order valence-electron chi connectivity index (χ3n) is 5.68. The molecule has 3 heterocycles. The van der Waals surface area contributed by atoms with Crippen LogP contribution in [-0.2, 0) is 35.8 Å². The third-order valence-corrected chi connectivity index (χ3v) is 5.68. The summed E-state index contributed by atoms with van der Waals surface area (Å²) >= 11 is 0. The summed E-state index contributed by atoms with van der Waals surface area (Å²) in [4.78, 5) is 17.0. The number of anilines is 1. The fourth-order valence-electron chi connectivity index (χ4n) is 4.10. The maximum absolute atomic E-state index is 13.6. The number of imidazole rings is 1. The lowest BCUT2D eigenvalue weighted by Gasteiger charge is -2.14. The minimum absolute atomic E-state index is 0.0201. The Labute approximate surface area is 195 Å². The highest BCUT2D eigenvalue weighted by atomic mass is 19.1. The molecule has 0 radical (unpaired) electrons. The van der Waals surface area contributed by atoms with E-state index in [1.807, 2.05) is 25.1 Å². The summed E-state index contributed by atoms with van der Waals surface area (Å²) in [6.45, 7) is 4.41. The fraction of sp³-hybridized carbons (Fsp3) is 0.292. The van der Waals surface area contributed by atoms with Gasteiger partial charge in [-0.25, -0.2) is 14.2 Å². The van der Waals surface area contributed by atoms with Crippen LogP contribution in [0.5, 0.6) is 5.75 Å². The van der Waals surface area contributed by atoms with E-state index in [4.69, 9.17) is 14.2 Å². The average Bonchev–Trinajstić information content (AvgIpc) is 3.43. The average molecular weight is 465 g/mol. The number of hydrogen-bond donors (Lipinski definition) is 1. The predicted octanol–water partition coefficient (Wildman–Crippen LogP) is 4.35. The Bertz CT molecular complexity index is 1360. The molecular weight excluding hydrogens is 441 g/mol. The van der Waals surface area contributed by atoms with E-state index < -0.39 is 6.09 Å². The van der Waals surface area contributed by atoms with Gasteiger partial charge in [0.1, 0.15) is 36.3 Å². The molecule has 0 bridgehead atoms. The van der Waals surface area contributed by atoms with Crippen molar-refractivity contribution in [2.24, 2.45) is 0 Å². The molecule has 1 aliphatic rings. The van der Waals surface area contributed by atoms with E-state index in [-0.39, 0.29) is 12.4 Å². The lowest BCUT2D eigenvalue weighted by Crippen LogP contribution is -2.16. The van der Waals surface area contributed by atoms with Crippen LogP contribution in [-0.4, -0.2) is 39.1 Å². The molecule has 0 fully saturated rings. The number of carbonyl (C=O) groups excluding carboxylic acids is 1. The zero-order chi connectivity index (χ0) is 23.7. The lowest BCUT2D eigenvalue weighted by atomic mass is 10.1. The minimum Gasteiger partial charge on any atom is -0.496 e. The molecule has 176 valence electrons. The van der Waals surface area contributed by atoms with Gasteiger partial charge < -0.3 is 18.8 Å². The van der Waals surface area contributed by atoms with Gasteiger partial charge in [-0.1, -0.05) is 0 Å². The van der Waals surface area contributed by atoms with Crippen LogP contribution in [0.2, 0.25) is 0 Å². The molecule has 34 heavy (non-hydrogen) atoms. The molecule has 0 unspecified atom stereocenters. The molecule has 1 aliphatic heterocycles. The lowest BCUT2D eigenvalue weighted by molar-refractivity contribution is 0.0830. The van der Waals surface area contributed by atoms with Gasteiger partial charge in [-0.3, -0.25) is 10.00 Å². The topological polar surface area (TPSA) is 92.4 Å². The first kappa shape index (κ1) is 21.9. The highest BCUT2D eigenvalue weighted by Gasteiger charge is 2.17. The van der Waals surface area contributed by atoms with Gasteiger partial charge in [-0.15, -0.1) is 0 Å². The van der Waals surface area contributed by atoms with Gasteiger partial charge in [0.15, 0.2) is 0 Å². The summed E-state index contributed by atoms with van der Waals surface area (Å²) in [5, 5.41) is 7.24. The number of aryl methyl sites for hydroxylation is 1. The second-order valence-electron chi connectivity index (χ2n) is 7.82. The zero-order valence-corrected chi connectivity index (χ0v) is 18.9. The summed E-state index contributed by atoms with van der Waals surface area (Å²) in [6, 6.07) is 11.7. The number of methoxy groups -OCH3 is 1. The Morgan fingerprint density at radius 2 is 2.12 bits per heavy atom. The number of rotatable bonds is 6. The molecule has 10 heteroatoms. The van der Waals surface area contributed by atoms with Crippen molar-refractivity contribution in [2.45, 2.75) is 33.2 Å². The molecule has 0 aliphatic carbocycles. The van der Waals surface area contributed by atoms with Gasteiger partial charge >= 0.3 is 6.09 Å². The quantitative estimate of drug-likeness (QED) is 0.455. The van der Waals surface area contributed by atoms with E-state index in [2.05, 4.69) is 20.0 Å². The maximum Gasteiger partial charge on any atom is 0.412 e. The molecule has 0 saturated carbocycles. The van der Waals surface area contributed by atoms with E-state index in [9.17, 15) is 9.18 Å². The number of nitrogens with one attached hydrogen (secondary N) is 1. The zero-order valence-electron chi connectivity index (χ0n) is 18.9. The van der Waals surface area contributed by atoms with E-state index in [1.54, 1.807) is 16.8 Å². The number of ether oxygens (including phenoxy) is 3. The standard InChI is InChI=1S/C24H24FN5O4/c1-3-30-21(18-6-4-15(25)10-22(18)32-2)12-17(28-30)13-34-24(31)26-16-5-7-20-19(11-16)27-23-14-33-9-8-29(20)23/h4-7,10-12H,3,8-9,13-14H2,1-2H3,(H,26,31). The number of benzene rings is 2. The Morgan fingerprint density at radius 1 is 1.24 bits per heavy atom. The highest BCUT2D eigenvalue weighted by molar-refractivity contribution is 5.89. The van der Waals surface area contributed by atoms with Gasteiger partial charge in [0.25, 0.3) is 0 Å². The molecule has 1 amide bonds. The summed E-state index contributed by atoms with van der Waals surface area (Å²) in [7, 11) is 1.49. The number of hydrogen-bond acceptors (Lipinski definition) is 6. The SMILES string of the molecule is CCn1nc(COC(=O)Nc2ccc3c(c2)nc2n3CCOC2)cc1-c1ccc(F)cc1OC. The molecule has 4 aromatic rings. The van der Waals surface area contributed by atoms with E-state index in [1.165, 1.54) is 19.2 Å². The smallest absolute Gasteiger partial charge is 0.412 e. The molecule has 2 aromatic carbocycles. The molecule has 1 N–H and O–H groups in total. The van der Waals surface area contributed by atoms with Crippen LogP contribution >= 0.6 is 0 Å². The van der Waals surface area contributed by atoms with Crippen molar-refractivity contribution >= 4 is 22.8 Å². The normalized spacial score (nSPS) is 13.0. The summed E-state index contributed by atoms with van der Waals surface area (Å²) < 4.78 is 33.6. The van der Waals surface area contributed by atoms with Crippen LogP contribution in [0.25, 0.3) is 22.3 Å². The predicted molar refractivity (Wildman–Crippen MR) is 123 cm³/mol. The molecule has 0 atom stereocenters. The molecule has 9 nitrogen and oxygen atoms in total. The second kappa shape index (κ2) is 9.14. The van der Waals surface area contributed by atoms with Gasteiger partial charge in [0, 0.05) is 30.4 Å². The molecule has 2 aromatic heterocycles. The van der Waals surface area contributed by atoms with Crippen molar-refractivity contribution in [3.63, 3.8) is 0 Å². The van der Waals surface area contributed by atoms with Crippen molar-refractivity contribution in [3.8, 4) is 17.0 Å². The van der Waals surface area contributed by atoms with Crippen molar-refractivity contribution in [1.82, 2.24) is 19.3 Å². The Balaban J connectivity index is 1.28. The van der Waals surface area contributed by atoms with Gasteiger partial charge in [0.05, 0.1) is 30.4 Å². The van der Waals surface area contributed by atoms with E-state index in [0.29, 0.717) is 42.5 Å². The number of carbonyl (C=O) groups is 1. The maximum atomic E-state index is 13.6. The van der Waals surface area contributed by atoms with Gasteiger partial charge in [-0.05, 0) is 43.3 Å². The molecule has 0 spiro atoms. The number of fused-ring (bicyclic) bond motifs is 3. The fourth-order valence-corrected chi connectivity index (χ4v) is 4.10. The van der Waals surface area contributed by atoms with Crippen molar-refractivity contribution in [3.05, 3.63) is 59.8 Å². The number of aromatic nitrogens is 4. The summed E-state index contributed by atoms with van der Waals surface area (Å²) in [6.07, 6.45) is -0.599. The van der Waals surface area contributed by atoms with Gasteiger partial charge in [-0.2, -0.15) is 5.10 Å². The van der Waals surface area contributed by atoms with Crippen molar-refractivity contribution in [2.75, 3.05) is 19.0 Å². The summed E-state index contributed by atoms with van der Waals surface area (Å²) in [5.41, 5.74) is 4.40. The largest absolute Gasteiger partial charge is 0.496 e. The molecule has 5 rings (SSSR count). The number of halogens is 1. The monoisotopic (exact) mass is 465 g/mol. The van der Waals surface area contributed by atoms with Crippen LogP contribution in [0, 0.1) is 5.82 Å². The minimum atomic E-state index is -0.599. The van der Waals surface area contributed by atoms with E-state index >= 15 is 0 Å². The first-order valence-electron chi connectivity index (χ1n) is 11.0. The highest BCUT2D eigenvalue weighted by Crippen LogP contribution is 2.31. The first-order valence-corrected chi connectivity index (χ1v) is 11.0. The molecular formula is C24H24FN5O4.